The molecule has 1 aromatic carbocycles. The molecule has 0 spiro atoms. The molecule has 0 aliphatic carbocycles. The Morgan fingerprint density at radius 3 is 3.06 bits per heavy atom. The number of halogens is 1. The first-order chi connectivity index (χ1) is 8.66. The molecule has 1 unspecified atom stereocenters. The molecule has 0 radical (unpaired) electrons. The van der Waals surface area contributed by atoms with Crippen molar-refractivity contribution in [3.05, 3.63) is 33.8 Å². The molecule has 2 N–H and O–H groups in total. The fourth-order valence-electron chi connectivity index (χ4n) is 2.22. The average Bonchev–Trinajstić information content (AvgIpc) is 2.40. The molecule has 98 valence electrons. The lowest BCUT2D eigenvalue weighted by Crippen LogP contribution is -2.43. The second-order valence-electron chi connectivity index (χ2n) is 4.84. The molecule has 1 atom stereocenters. The Kier molecular flexibility index (Phi) is 4.78. The van der Waals surface area contributed by atoms with E-state index in [2.05, 4.69) is 26.6 Å². The maximum Gasteiger partial charge on any atom is 0.252 e. The summed E-state index contributed by atoms with van der Waals surface area (Å²) in [6, 6.07) is 6.24. The van der Waals surface area contributed by atoms with Crippen LogP contribution in [0.1, 0.15) is 35.2 Å². The van der Waals surface area contributed by atoms with Crippen molar-refractivity contribution >= 4 is 21.8 Å². The summed E-state index contributed by atoms with van der Waals surface area (Å²) in [5.74, 6) is -0.00190. The molecule has 1 aliphatic rings. The van der Waals surface area contributed by atoms with E-state index in [0.29, 0.717) is 18.2 Å². The van der Waals surface area contributed by atoms with E-state index in [-0.39, 0.29) is 5.91 Å². The van der Waals surface area contributed by atoms with Crippen molar-refractivity contribution in [3.63, 3.8) is 0 Å². The first kappa shape index (κ1) is 13.6. The molecule has 1 amide bonds. The summed E-state index contributed by atoms with van der Waals surface area (Å²) in [5.41, 5.74) is 1.81. The third-order valence-electron chi connectivity index (χ3n) is 3.29. The minimum atomic E-state index is -0.00190. The predicted octanol–water partition coefficient (Wildman–Crippen LogP) is 2.63. The first-order valence-electron chi connectivity index (χ1n) is 6.44. The number of piperidine rings is 1. The van der Waals surface area contributed by atoms with E-state index in [9.17, 15) is 4.79 Å². The molecular weight excluding hydrogens is 292 g/mol. The number of carbonyl (C=O) groups excluding carboxylic acids is 1. The second-order valence-corrected chi connectivity index (χ2v) is 5.69. The molecule has 1 fully saturated rings. The van der Waals surface area contributed by atoms with Crippen molar-refractivity contribution in [2.45, 2.75) is 32.2 Å². The van der Waals surface area contributed by atoms with Crippen LogP contribution in [-0.4, -0.2) is 25.0 Å². The number of hydrogen-bond acceptors (Lipinski definition) is 2. The smallest absolute Gasteiger partial charge is 0.252 e. The molecule has 18 heavy (non-hydrogen) atoms. The molecule has 1 heterocycles. The summed E-state index contributed by atoms with van der Waals surface area (Å²) in [5, 5.41) is 6.43. The van der Waals surface area contributed by atoms with Crippen LogP contribution in [0.25, 0.3) is 0 Å². The van der Waals surface area contributed by atoms with E-state index in [1.54, 1.807) is 0 Å². The molecule has 1 aromatic rings. The van der Waals surface area contributed by atoms with E-state index in [0.717, 1.165) is 23.0 Å². The fraction of sp³-hybridized carbons (Fsp3) is 0.500. The lowest BCUT2D eigenvalue weighted by Gasteiger charge is -2.23. The van der Waals surface area contributed by atoms with Crippen molar-refractivity contribution < 1.29 is 4.79 Å². The van der Waals surface area contributed by atoms with E-state index in [4.69, 9.17) is 0 Å². The number of aryl methyl sites for hydroxylation is 1. The van der Waals surface area contributed by atoms with Crippen LogP contribution in [-0.2, 0) is 0 Å². The van der Waals surface area contributed by atoms with Gasteiger partial charge < -0.3 is 10.6 Å². The highest BCUT2D eigenvalue weighted by Crippen LogP contribution is 2.18. The van der Waals surface area contributed by atoms with Crippen molar-refractivity contribution in [2.75, 3.05) is 13.1 Å². The third kappa shape index (κ3) is 3.56. The van der Waals surface area contributed by atoms with E-state index in [1.807, 2.05) is 25.1 Å². The van der Waals surface area contributed by atoms with Gasteiger partial charge in [-0.2, -0.15) is 0 Å². The van der Waals surface area contributed by atoms with Gasteiger partial charge in [0.15, 0.2) is 0 Å². The minimum absolute atomic E-state index is 0.00190. The van der Waals surface area contributed by atoms with Crippen molar-refractivity contribution in [1.29, 1.82) is 0 Å². The summed E-state index contributed by atoms with van der Waals surface area (Å²) < 4.78 is 0.849. The predicted molar refractivity (Wildman–Crippen MR) is 76.9 cm³/mol. The average molecular weight is 311 g/mol. The number of hydrogen-bond donors (Lipinski definition) is 2. The molecule has 0 aromatic heterocycles. The van der Waals surface area contributed by atoms with Crippen LogP contribution in [0, 0.1) is 6.92 Å². The number of benzene rings is 1. The first-order valence-corrected chi connectivity index (χ1v) is 7.24. The van der Waals surface area contributed by atoms with Gasteiger partial charge in [0, 0.05) is 17.1 Å². The quantitative estimate of drug-likeness (QED) is 0.901. The van der Waals surface area contributed by atoms with Gasteiger partial charge in [0.25, 0.3) is 5.91 Å². The Morgan fingerprint density at radius 2 is 2.33 bits per heavy atom. The van der Waals surface area contributed by atoms with Gasteiger partial charge in [-0.05, 0) is 54.4 Å². The number of rotatable bonds is 3. The fourth-order valence-corrected chi connectivity index (χ4v) is 2.65. The second kappa shape index (κ2) is 6.34. The van der Waals surface area contributed by atoms with Crippen LogP contribution >= 0.6 is 15.9 Å². The van der Waals surface area contributed by atoms with Crippen molar-refractivity contribution in [1.82, 2.24) is 10.6 Å². The summed E-state index contributed by atoms with van der Waals surface area (Å²) in [7, 11) is 0. The number of amides is 1. The van der Waals surface area contributed by atoms with Crippen molar-refractivity contribution in [2.24, 2.45) is 0 Å². The van der Waals surface area contributed by atoms with Crippen LogP contribution in [0.5, 0.6) is 0 Å². The Balaban J connectivity index is 1.92. The largest absolute Gasteiger partial charge is 0.350 e. The monoisotopic (exact) mass is 310 g/mol. The van der Waals surface area contributed by atoms with E-state index >= 15 is 0 Å². The van der Waals surface area contributed by atoms with Gasteiger partial charge in [-0.25, -0.2) is 0 Å². The Morgan fingerprint density at radius 1 is 1.50 bits per heavy atom. The molecule has 1 aliphatic heterocycles. The van der Waals surface area contributed by atoms with Crippen molar-refractivity contribution in [3.8, 4) is 0 Å². The van der Waals surface area contributed by atoms with Gasteiger partial charge in [-0.1, -0.05) is 18.1 Å². The summed E-state index contributed by atoms with van der Waals surface area (Å²) in [4.78, 5) is 12.1. The van der Waals surface area contributed by atoms with Gasteiger partial charge in [0.1, 0.15) is 0 Å². The molecule has 0 saturated carbocycles. The molecule has 2 rings (SSSR count). The third-order valence-corrected chi connectivity index (χ3v) is 3.98. The molecule has 4 heteroatoms. The summed E-state index contributed by atoms with van der Waals surface area (Å²) in [6.07, 6.45) is 3.64. The van der Waals surface area contributed by atoms with Crippen LogP contribution in [0.2, 0.25) is 0 Å². The zero-order chi connectivity index (χ0) is 13.0. The number of nitrogens with one attached hydrogen (secondary N) is 2. The Labute approximate surface area is 116 Å². The van der Waals surface area contributed by atoms with E-state index in [1.165, 1.54) is 12.8 Å². The topological polar surface area (TPSA) is 41.1 Å². The highest BCUT2D eigenvalue weighted by Gasteiger charge is 2.15. The highest BCUT2D eigenvalue weighted by molar-refractivity contribution is 9.10. The van der Waals surface area contributed by atoms with Gasteiger partial charge >= 0.3 is 0 Å². The highest BCUT2D eigenvalue weighted by atomic mass is 79.9. The number of carbonyl (C=O) groups is 1. The Hall–Kier alpha value is -0.870. The maximum atomic E-state index is 12.1. The molecule has 0 bridgehead atoms. The lowest BCUT2D eigenvalue weighted by atomic mass is 10.0. The molecular formula is C14H19BrN2O. The van der Waals surface area contributed by atoms with Gasteiger partial charge in [0.05, 0.1) is 5.56 Å². The maximum absolute atomic E-state index is 12.1. The Bertz CT molecular complexity index is 428. The van der Waals surface area contributed by atoms with Gasteiger partial charge in [-0.15, -0.1) is 0 Å². The summed E-state index contributed by atoms with van der Waals surface area (Å²) in [6.45, 7) is 3.76. The standard InChI is InChI=1S/C14H19BrN2O/c1-10-5-6-13(15)12(8-10)14(18)17-9-11-4-2-3-7-16-11/h5-6,8,11,16H,2-4,7,9H2,1H3,(H,17,18). The van der Waals surface area contributed by atoms with Gasteiger partial charge in [-0.3, -0.25) is 4.79 Å². The normalized spacial score (nSPS) is 19.6. The SMILES string of the molecule is Cc1ccc(Br)c(C(=O)NCC2CCCCN2)c1. The van der Waals surface area contributed by atoms with Crippen LogP contribution in [0.15, 0.2) is 22.7 Å². The minimum Gasteiger partial charge on any atom is -0.350 e. The van der Waals surface area contributed by atoms with E-state index < -0.39 is 0 Å². The van der Waals surface area contributed by atoms with Crippen LogP contribution < -0.4 is 10.6 Å². The summed E-state index contributed by atoms with van der Waals surface area (Å²) >= 11 is 3.42. The van der Waals surface area contributed by atoms with Crippen LogP contribution in [0.4, 0.5) is 0 Å². The zero-order valence-corrected chi connectivity index (χ0v) is 12.2. The molecule has 1 saturated heterocycles. The van der Waals surface area contributed by atoms with Crippen LogP contribution in [0.3, 0.4) is 0 Å². The zero-order valence-electron chi connectivity index (χ0n) is 10.6. The lowest BCUT2D eigenvalue weighted by molar-refractivity contribution is 0.0947. The van der Waals surface area contributed by atoms with Gasteiger partial charge in [0.2, 0.25) is 0 Å². The molecule has 3 nitrogen and oxygen atoms in total.